The first kappa shape index (κ1) is 13.3. The Hall–Kier alpha value is -1.18. The van der Waals surface area contributed by atoms with Crippen LogP contribution in [0.25, 0.3) is 0 Å². The van der Waals surface area contributed by atoms with Crippen LogP contribution < -0.4 is 4.72 Å². The lowest BCUT2D eigenvalue weighted by atomic mass is 10.2. The Balaban J connectivity index is 2.09. The molecule has 0 aliphatic heterocycles. The predicted octanol–water partition coefficient (Wildman–Crippen LogP) is 2.15. The topological polar surface area (TPSA) is 72.0 Å². The summed E-state index contributed by atoms with van der Waals surface area (Å²) >= 11 is 7.00. The summed E-state index contributed by atoms with van der Waals surface area (Å²) in [7, 11) is -3.30. The van der Waals surface area contributed by atoms with E-state index in [9.17, 15) is 8.42 Å². The van der Waals surface area contributed by atoms with Crippen molar-refractivity contribution in [1.82, 2.24) is 10.2 Å². The normalized spacial score (nSPS) is 11.4. The minimum absolute atomic E-state index is 0.279. The van der Waals surface area contributed by atoms with Gasteiger partial charge in [0.15, 0.2) is 0 Å². The van der Waals surface area contributed by atoms with Crippen LogP contribution in [-0.2, 0) is 16.4 Å². The first-order valence-corrected chi connectivity index (χ1v) is 8.05. The summed E-state index contributed by atoms with van der Waals surface area (Å²) in [6.45, 7) is 0. The summed E-state index contributed by atoms with van der Waals surface area (Å²) in [4.78, 5) is 0. The summed E-state index contributed by atoms with van der Waals surface area (Å²) in [5, 5.41) is 9.39. The zero-order chi connectivity index (χ0) is 13.2. The number of nitrogens with zero attached hydrogens (tertiary/aromatic N) is 2. The third-order valence-corrected chi connectivity index (χ3v) is 3.79. The lowest BCUT2D eigenvalue weighted by Gasteiger charge is -1.97. The molecule has 1 heterocycles. The average molecular weight is 304 g/mol. The van der Waals surface area contributed by atoms with Crippen LogP contribution in [0.5, 0.6) is 0 Å². The van der Waals surface area contributed by atoms with E-state index in [0.717, 1.165) is 16.8 Å². The highest BCUT2D eigenvalue weighted by atomic mass is 35.5. The Labute approximate surface area is 114 Å². The number of anilines is 1. The van der Waals surface area contributed by atoms with Crippen LogP contribution in [0.4, 0.5) is 5.13 Å². The molecular weight excluding hydrogens is 294 g/mol. The van der Waals surface area contributed by atoms with E-state index in [4.69, 9.17) is 11.6 Å². The van der Waals surface area contributed by atoms with E-state index in [0.29, 0.717) is 11.4 Å². The number of aromatic nitrogens is 2. The van der Waals surface area contributed by atoms with Gasteiger partial charge in [-0.05, 0) is 17.7 Å². The summed E-state index contributed by atoms with van der Waals surface area (Å²) < 4.78 is 24.3. The number of rotatable bonds is 4. The molecule has 0 saturated heterocycles. The van der Waals surface area contributed by atoms with Crippen LogP contribution in [-0.4, -0.2) is 24.9 Å². The molecular formula is C10H10ClN3O2S2. The summed E-state index contributed by atoms with van der Waals surface area (Å²) in [5.41, 5.74) is 1.04. The van der Waals surface area contributed by atoms with Gasteiger partial charge in [0.05, 0.1) is 6.26 Å². The Kier molecular flexibility index (Phi) is 3.84. The van der Waals surface area contributed by atoms with Gasteiger partial charge in [-0.25, -0.2) is 8.42 Å². The molecule has 0 bridgehead atoms. The van der Waals surface area contributed by atoms with Crippen LogP contribution in [0.15, 0.2) is 24.3 Å². The van der Waals surface area contributed by atoms with Crippen LogP contribution in [0.1, 0.15) is 10.6 Å². The van der Waals surface area contributed by atoms with Gasteiger partial charge in [-0.1, -0.05) is 35.1 Å². The average Bonchev–Trinajstić information content (AvgIpc) is 2.66. The molecule has 0 spiro atoms. The fraction of sp³-hybridized carbons (Fsp3) is 0.200. The smallest absolute Gasteiger partial charge is 0.231 e. The van der Waals surface area contributed by atoms with Crippen molar-refractivity contribution in [3.63, 3.8) is 0 Å². The maximum absolute atomic E-state index is 11.0. The van der Waals surface area contributed by atoms with Crippen molar-refractivity contribution in [3.8, 4) is 0 Å². The Morgan fingerprint density at radius 2 is 1.94 bits per heavy atom. The largest absolute Gasteiger partial charge is 0.257 e. The van der Waals surface area contributed by atoms with Crippen molar-refractivity contribution in [2.45, 2.75) is 6.42 Å². The summed E-state index contributed by atoms with van der Waals surface area (Å²) in [5.74, 6) is 0. The van der Waals surface area contributed by atoms with Gasteiger partial charge in [0.1, 0.15) is 5.01 Å². The van der Waals surface area contributed by atoms with Crippen LogP contribution in [0.3, 0.4) is 0 Å². The molecule has 0 saturated carbocycles. The molecule has 0 aliphatic carbocycles. The van der Waals surface area contributed by atoms with Crippen molar-refractivity contribution in [2.75, 3.05) is 11.0 Å². The van der Waals surface area contributed by atoms with Gasteiger partial charge in [-0.3, -0.25) is 4.72 Å². The monoisotopic (exact) mass is 303 g/mol. The third-order valence-electron chi connectivity index (χ3n) is 2.01. The maximum Gasteiger partial charge on any atom is 0.231 e. The fourth-order valence-corrected chi connectivity index (χ4v) is 3.03. The molecule has 1 aromatic carbocycles. The van der Waals surface area contributed by atoms with E-state index in [1.54, 1.807) is 12.1 Å². The van der Waals surface area contributed by atoms with Gasteiger partial charge in [0.25, 0.3) is 0 Å². The molecule has 2 rings (SSSR count). The van der Waals surface area contributed by atoms with Crippen molar-refractivity contribution >= 4 is 38.1 Å². The Morgan fingerprint density at radius 1 is 1.28 bits per heavy atom. The van der Waals surface area contributed by atoms with Gasteiger partial charge in [0, 0.05) is 11.4 Å². The van der Waals surface area contributed by atoms with Crippen LogP contribution >= 0.6 is 22.9 Å². The predicted molar refractivity (Wildman–Crippen MR) is 72.6 cm³/mol. The van der Waals surface area contributed by atoms with E-state index >= 15 is 0 Å². The van der Waals surface area contributed by atoms with Crippen LogP contribution in [0, 0.1) is 0 Å². The first-order chi connectivity index (χ1) is 8.42. The van der Waals surface area contributed by atoms with Crippen molar-refractivity contribution < 1.29 is 8.42 Å². The molecule has 18 heavy (non-hydrogen) atoms. The highest BCUT2D eigenvalue weighted by molar-refractivity contribution is 7.92. The quantitative estimate of drug-likeness (QED) is 0.939. The Morgan fingerprint density at radius 3 is 2.56 bits per heavy atom. The third kappa shape index (κ3) is 3.94. The second kappa shape index (κ2) is 5.21. The number of nitrogens with one attached hydrogen (secondary N) is 1. The van der Waals surface area contributed by atoms with E-state index < -0.39 is 10.0 Å². The van der Waals surface area contributed by atoms with Crippen molar-refractivity contribution in [1.29, 1.82) is 0 Å². The molecule has 0 amide bonds. The fourth-order valence-electron chi connectivity index (χ4n) is 1.30. The van der Waals surface area contributed by atoms with Gasteiger partial charge >= 0.3 is 0 Å². The van der Waals surface area contributed by atoms with E-state index in [2.05, 4.69) is 14.9 Å². The van der Waals surface area contributed by atoms with Gasteiger partial charge in [-0.2, -0.15) is 0 Å². The zero-order valence-electron chi connectivity index (χ0n) is 9.42. The molecule has 2 aromatic rings. The molecule has 1 N–H and O–H groups in total. The molecule has 0 unspecified atom stereocenters. The summed E-state index contributed by atoms with van der Waals surface area (Å²) in [6.07, 6.45) is 1.67. The maximum atomic E-state index is 11.0. The SMILES string of the molecule is CS(=O)(=O)Nc1nnc(Cc2ccc(Cl)cc2)s1. The number of halogens is 1. The molecule has 0 fully saturated rings. The van der Waals surface area contributed by atoms with Crippen LogP contribution in [0.2, 0.25) is 5.02 Å². The standard InChI is InChI=1S/C10H10ClN3O2S2/c1-18(15,16)14-10-13-12-9(17-10)6-7-2-4-8(11)5-3-7/h2-5H,6H2,1H3,(H,13,14). The van der Waals surface area contributed by atoms with Gasteiger partial charge in [0.2, 0.25) is 15.2 Å². The Bertz CT molecular complexity index is 637. The minimum atomic E-state index is -3.30. The number of benzene rings is 1. The van der Waals surface area contributed by atoms with E-state index in [1.807, 2.05) is 12.1 Å². The highest BCUT2D eigenvalue weighted by Crippen LogP contribution is 2.20. The van der Waals surface area contributed by atoms with Gasteiger partial charge in [-0.15, -0.1) is 10.2 Å². The zero-order valence-corrected chi connectivity index (χ0v) is 11.8. The first-order valence-electron chi connectivity index (χ1n) is 4.97. The molecule has 8 heteroatoms. The second-order valence-corrected chi connectivity index (χ2v) is 6.93. The van der Waals surface area contributed by atoms with Crippen molar-refractivity contribution in [3.05, 3.63) is 39.9 Å². The molecule has 5 nitrogen and oxygen atoms in total. The lowest BCUT2D eigenvalue weighted by molar-refractivity contribution is 0.606. The number of hydrogen-bond donors (Lipinski definition) is 1. The molecule has 0 atom stereocenters. The lowest BCUT2D eigenvalue weighted by Crippen LogP contribution is -2.08. The molecule has 0 aliphatic rings. The summed E-state index contributed by atoms with van der Waals surface area (Å²) in [6, 6.07) is 7.39. The van der Waals surface area contributed by atoms with Crippen molar-refractivity contribution in [2.24, 2.45) is 0 Å². The number of hydrogen-bond acceptors (Lipinski definition) is 5. The van der Waals surface area contributed by atoms with E-state index in [-0.39, 0.29) is 5.13 Å². The second-order valence-electron chi connectivity index (χ2n) is 3.68. The molecule has 96 valence electrons. The molecule has 1 aromatic heterocycles. The minimum Gasteiger partial charge on any atom is -0.257 e. The molecule has 0 radical (unpaired) electrons. The van der Waals surface area contributed by atoms with E-state index in [1.165, 1.54) is 11.3 Å². The van der Waals surface area contributed by atoms with Gasteiger partial charge < -0.3 is 0 Å². The number of sulfonamides is 1. The highest BCUT2D eigenvalue weighted by Gasteiger charge is 2.08.